The molecule has 1 aromatic carbocycles. The first-order valence-corrected chi connectivity index (χ1v) is 7.87. The Labute approximate surface area is 141 Å². The van der Waals surface area contributed by atoms with Gasteiger partial charge >= 0.3 is 0 Å². The van der Waals surface area contributed by atoms with Gasteiger partial charge in [-0.15, -0.1) is 5.10 Å². The Morgan fingerprint density at radius 3 is 2.75 bits per heavy atom. The second-order valence-corrected chi connectivity index (χ2v) is 6.64. The number of carbonyl (C=O) groups excluding carboxylic acids is 1. The summed E-state index contributed by atoms with van der Waals surface area (Å²) in [4.78, 5) is 12.2. The number of aromatic nitrogens is 3. The first-order valence-electron chi connectivity index (χ1n) is 7.87. The van der Waals surface area contributed by atoms with Crippen molar-refractivity contribution in [2.45, 2.75) is 39.8 Å². The third-order valence-electron chi connectivity index (χ3n) is 3.66. The molecular weight excluding hydrogens is 311 g/mol. The van der Waals surface area contributed by atoms with E-state index < -0.39 is 5.82 Å². The summed E-state index contributed by atoms with van der Waals surface area (Å²) in [5.41, 5.74) is -0.228. The van der Waals surface area contributed by atoms with Gasteiger partial charge in [0.15, 0.2) is 11.6 Å². The zero-order valence-corrected chi connectivity index (χ0v) is 14.2. The molecule has 1 aromatic heterocycles. The molecule has 0 spiro atoms. The van der Waals surface area contributed by atoms with Crippen LogP contribution >= 0.6 is 0 Å². The molecule has 24 heavy (non-hydrogen) atoms. The molecule has 2 aromatic rings. The van der Waals surface area contributed by atoms with E-state index in [9.17, 15) is 9.18 Å². The highest BCUT2D eigenvalue weighted by molar-refractivity contribution is 5.76. The highest BCUT2D eigenvalue weighted by atomic mass is 19.1. The third-order valence-corrected chi connectivity index (χ3v) is 3.66. The zero-order valence-electron chi connectivity index (χ0n) is 14.2. The van der Waals surface area contributed by atoms with Crippen LogP contribution in [0.1, 0.15) is 27.2 Å². The van der Waals surface area contributed by atoms with Crippen LogP contribution in [0.2, 0.25) is 0 Å². The molecule has 7 heteroatoms. The normalized spacial score (nSPS) is 12.7. The Kier molecular flexibility index (Phi) is 5.89. The quantitative estimate of drug-likeness (QED) is 0.844. The molecule has 2 rings (SSSR count). The molecular formula is C17H23FN4O2. The predicted octanol–water partition coefficient (Wildman–Crippen LogP) is 2.42. The molecule has 0 unspecified atom stereocenters. The zero-order chi connectivity index (χ0) is 17.6. The van der Waals surface area contributed by atoms with E-state index in [0.717, 1.165) is 0 Å². The lowest BCUT2D eigenvalue weighted by Crippen LogP contribution is -2.47. The second kappa shape index (κ2) is 7.90. The van der Waals surface area contributed by atoms with E-state index in [2.05, 4.69) is 15.6 Å². The molecule has 0 radical (unpaired) electrons. The minimum absolute atomic E-state index is 0.109. The molecule has 0 aliphatic rings. The highest BCUT2D eigenvalue weighted by Gasteiger charge is 2.27. The van der Waals surface area contributed by atoms with Gasteiger partial charge in [0.1, 0.15) is 6.61 Å². The van der Waals surface area contributed by atoms with Crippen molar-refractivity contribution in [2.75, 3.05) is 6.61 Å². The molecule has 1 N–H and O–H groups in total. The fourth-order valence-electron chi connectivity index (χ4n) is 2.08. The average molecular weight is 334 g/mol. The maximum Gasteiger partial charge on any atom is 0.222 e. The molecule has 0 saturated heterocycles. The second-order valence-electron chi connectivity index (χ2n) is 6.64. The molecule has 130 valence electrons. The fraction of sp³-hybridized carbons (Fsp3) is 0.471. The molecule has 0 saturated carbocycles. The van der Waals surface area contributed by atoms with Gasteiger partial charge in [-0.2, -0.15) is 0 Å². The minimum Gasteiger partial charge on any atom is -0.488 e. The molecule has 1 amide bonds. The lowest BCUT2D eigenvalue weighted by molar-refractivity contribution is -0.123. The highest BCUT2D eigenvalue weighted by Crippen LogP contribution is 2.22. The number of hydrogen-bond donors (Lipinski definition) is 1. The Morgan fingerprint density at radius 2 is 2.12 bits per heavy atom. The summed E-state index contributed by atoms with van der Waals surface area (Å²) >= 11 is 0. The number of hydrogen-bond acceptors (Lipinski definition) is 4. The van der Waals surface area contributed by atoms with Gasteiger partial charge in [0, 0.05) is 12.6 Å². The van der Waals surface area contributed by atoms with E-state index in [4.69, 9.17) is 4.74 Å². The number of nitrogens with zero attached hydrogens (tertiary/aromatic N) is 3. The standard InChI is InChI=1S/C17H23FN4O2/c1-17(2,3)15(12-24-14-7-5-4-6-13(14)18)20-16(23)8-10-22-11-9-19-21-22/h4-7,9,11,15H,8,10,12H2,1-3H3,(H,20,23)/t15-/m1/s1. The van der Waals surface area contributed by atoms with Crippen LogP contribution in [0.25, 0.3) is 0 Å². The van der Waals surface area contributed by atoms with Crippen molar-refractivity contribution in [3.05, 3.63) is 42.5 Å². The number of halogens is 1. The molecule has 0 fully saturated rings. The van der Waals surface area contributed by atoms with Crippen LogP contribution in [-0.2, 0) is 11.3 Å². The summed E-state index contributed by atoms with van der Waals surface area (Å²) in [5.74, 6) is -0.339. The van der Waals surface area contributed by atoms with Gasteiger partial charge in [0.05, 0.1) is 18.8 Å². The number of benzene rings is 1. The van der Waals surface area contributed by atoms with Crippen LogP contribution in [0, 0.1) is 11.2 Å². The molecule has 0 aliphatic carbocycles. The van der Waals surface area contributed by atoms with Gasteiger partial charge in [-0.3, -0.25) is 9.48 Å². The number of carbonyl (C=O) groups is 1. The Balaban J connectivity index is 1.90. The van der Waals surface area contributed by atoms with Crippen molar-refractivity contribution in [3.8, 4) is 5.75 Å². The summed E-state index contributed by atoms with van der Waals surface area (Å²) < 4.78 is 20.8. The Hall–Kier alpha value is -2.44. The summed E-state index contributed by atoms with van der Waals surface area (Å²) in [6, 6.07) is 5.98. The minimum atomic E-state index is -0.414. The van der Waals surface area contributed by atoms with E-state index in [0.29, 0.717) is 6.54 Å². The first kappa shape index (κ1) is 17.9. The maximum absolute atomic E-state index is 13.6. The molecule has 1 atom stereocenters. The summed E-state index contributed by atoms with van der Waals surface area (Å²) in [7, 11) is 0. The van der Waals surface area contributed by atoms with Crippen molar-refractivity contribution in [3.63, 3.8) is 0 Å². The van der Waals surface area contributed by atoms with Crippen LogP contribution in [0.5, 0.6) is 5.75 Å². The van der Waals surface area contributed by atoms with E-state index >= 15 is 0 Å². The number of nitrogens with one attached hydrogen (secondary N) is 1. The Bertz CT molecular complexity index is 653. The molecule has 0 bridgehead atoms. The van der Waals surface area contributed by atoms with Crippen molar-refractivity contribution >= 4 is 5.91 Å². The van der Waals surface area contributed by atoms with Crippen molar-refractivity contribution in [2.24, 2.45) is 5.41 Å². The Morgan fingerprint density at radius 1 is 1.38 bits per heavy atom. The van der Waals surface area contributed by atoms with Crippen LogP contribution in [0.15, 0.2) is 36.7 Å². The van der Waals surface area contributed by atoms with Crippen molar-refractivity contribution < 1.29 is 13.9 Å². The van der Waals surface area contributed by atoms with Gasteiger partial charge in [0.25, 0.3) is 0 Å². The van der Waals surface area contributed by atoms with Gasteiger partial charge in [0.2, 0.25) is 5.91 Å². The monoisotopic (exact) mass is 334 g/mol. The summed E-state index contributed by atoms with van der Waals surface area (Å²) in [6.07, 6.45) is 3.56. The number of amides is 1. The average Bonchev–Trinajstić information content (AvgIpc) is 3.03. The molecule has 1 heterocycles. The third kappa shape index (κ3) is 5.33. The largest absolute Gasteiger partial charge is 0.488 e. The van der Waals surface area contributed by atoms with E-state index in [1.54, 1.807) is 35.3 Å². The van der Waals surface area contributed by atoms with Crippen molar-refractivity contribution in [1.29, 1.82) is 0 Å². The van der Waals surface area contributed by atoms with Gasteiger partial charge in [-0.05, 0) is 17.5 Å². The van der Waals surface area contributed by atoms with Crippen LogP contribution in [-0.4, -0.2) is 33.5 Å². The van der Waals surface area contributed by atoms with E-state index in [1.807, 2.05) is 20.8 Å². The number of ether oxygens (including phenoxy) is 1. The summed E-state index contributed by atoms with van der Waals surface area (Å²) in [6.45, 7) is 6.65. The molecule has 0 aliphatic heterocycles. The smallest absolute Gasteiger partial charge is 0.222 e. The number of para-hydroxylation sites is 1. The predicted molar refractivity (Wildman–Crippen MR) is 87.9 cm³/mol. The number of aryl methyl sites for hydroxylation is 1. The number of rotatable bonds is 7. The van der Waals surface area contributed by atoms with Crippen LogP contribution in [0.4, 0.5) is 4.39 Å². The maximum atomic E-state index is 13.6. The summed E-state index contributed by atoms with van der Waals surface area (Å²) in [5, 5.41) is 10.5. The van der Waals surface area contributed by atoms with Gasteiger partial charge in [-0.25, -0.2) is 4.39 Å². The van der Waals surface area contributed by atoms with Crippen LogP contribution in [0.3, 0.4) is 0 Å². The van der Waals surface area contributed by atoms with Crippen LogP contribution < -0.4 is 10.1 Å². The van der Waals surface area contributed by atoms with E-state index in [1.165, 1.54) is 6.07 Å². The first-order chi connectivity index (χ1) is 11.4. The van der Waals surface area contributed by atoms with Gasteiger partial charge in [-0.1, -0.05) is 38.1 Å². The fourth-order valence-corrected chi connectivity index (χ4v) is 2.08. The molecule has 6 nitrogen and oxygen atoms in total. The topological polar surface area (TPSA) is 69.0 Å². The SMILES string of the molecule is CC(C)(C)[C@@H](COc1ccccc1F)NC(=O)CCn1ccnn1. The van der Waals surface area contributed by atoms with Crippen molar-refractivity contribution in [1.82, 2.24) is 20.3 Å². The lowest BCUT2D eigenvalue weighted by atomic mass is 9.87. The van der Waals surface area contributed by atoms with Gasteiger partial charge < -0.3 is 10.1 Å². The lowest BCUT2D eigenvalue weighted by Gasteiger charge is -2.31. The van der Waals surface area contributed by atoms with E-state index in [-0.39, 0.29) is 36.1 Å².